The number of methoxy groups -OCH3 is 1. The zero-order valence-corrected chi connectivity index (χ0v) is 17.2. The zero-order chi connectivity index (χ0) is 20.8. The van der Waals surface area contributed by atoms with Crippen molar-refractivity contribution >= 4 is 17.5 Å². The van der Waals surface area contributed by atoms with E-state index in [4.69, 9.17) is 4.74 Å². The Hall–Kier alpha value is -3.09. The van der Waals surface area contributed by atoms with Crippen molar-refractivity contribution in [3.8, 4) is 5.75 Å². The van der Waals surface area contributed by atoms with Gasteiger partial charge in [-0.25, -0.2) is 0 Å². The van der Waals surface area contributed by atoms with Gasteiger partial charge in [-0.05, 0) is 43.7 Å². The van der Waals surface area contributed by atoms with Gasteiger partial charge < -0.3 is 19.9 Å². The van der Waals surface area contributed by atoms with Crippen LogP contribution < -0.4 is 15.0 Å². The predicted octanol–water partition coefficient (Wildman–Crippen LogP) is 2.58. The fourth-order valence-corrected chi connectivity index (χ4v) is 3.23. The topological polar surface area (TPSA) is 74.8 Å². The number of aromatic nitrogens is 1. The molecule has 0 radical (unpaired) electrons. The number of pyridine rings is 1. The maximum atomic E-state index is 12.9. The van der Waals surface area contributed by atoms with Crippen LogP contribution in [0.4, 0.5) is 5.69 Å². The number of anilines is 1. The molecule has 2 aromatic rings. The minimum atomic E-state index is -0.203. The smallest absolute Gasteiger partial charge is 0.255 e. The van der Waals surface area contributed by atoms with E-state index in [1.165, 1.54) is 12.4 Å². The van der Waals surface area contributed by atoms with Crippen LogP contribution in [0.3, 0.4) is 0 Å². The molecule has 1 fully saturated rings. The van der Waals surface area contributed by atoms with Gasteiger partial charge in [0.15, 0.2) is 0 Å². The summed E-state index contributed by atoms with van der Waals surface area (Å²) in [6.45, 7) is 6.69. The summed E-state index contributed by atoms with van der Waals surface area (Å²) in [6, 6.07) is 9.64. The van der Waals surface area contributed by atoms with Crippen LogP contribution >= 0.6 is 0 Å². The van der Waals surface area contributed by atoms with E-state index < -0.39 is 0 Å². The second-order valence-electron chi connectivity index (χ2n) is 7.22. The Morgan fingerprint density at radius 2 is 1.76 bits per heavy atom. The number of hydrogen-bond donors (Lipinski definition) is 1. The summed E-state index contributed by atoms with van der Waals surface area (Å²) in [5.41, 5.74) is 1.97. The van der Waals surface area contributed by atoms with Gasteiger partial charge in [0.2, 0.25) is 0 Å². The van der Waals surface area contributed by atoms with Gasteiger partial charge in [-0.3, -0.25) is 14.6 Å². The molecule has 2 amide bonds. The highest BCUT2D eigenvalue weighted by Gasteiger charge is 2.23. The molecule has 7 heteroatoms. The lowest BCUT2D eigenvalue weighted by Crippen LogP contribution is -2.48. The van der Waals surface area contributed by atoms with E-state index in [-0.39, 0.29) is 17.9 Å². The molecule has 1 N–H and O–H groups in total. The predicted molar refractivity (Wildman–Crippen MR) is 113 cm³/mol. The molecular formula is C22H28N4O3. The molecular weight excluding hydrogens is 368 g/mol. The first kappa shape index (κ1) is 20.6. The van der Waals surface area contributed by atoms with E-state index in [1.54, 1.807) is 13.2 Å². The SMILES string of the molecule is CCC(C)NC(=O)c1cncc(C(=O)N2CCN(c3ccc(OC)cc3)CC2)c1. The van der Waals surface area contributed by atoms with Gasteiger partial charge in [0, 0.05) is 50.3 Å². The number of nitrogens with one attached hydrogen (secondary N) is 1. The lowest BCUT2D eigenvalue weighted by Gasteiger charge is -2.36. The minimum absolute atomic E-state index is 0.0767. The number of carbonyl (C=O) groups excluding carboxylic acids is 2. The van der Waals surface area contributed by atoms with Crippen LogP contribution in [-0.4, -0.2) is 61.0 Å². The van der Waals surface area contributed by atoms with E-state index in [0.717, 1.165) is 30.9 Å². The summed E-state index contributed by atoms with van der Waals surface area (Å²) in [4.78, 5) is 33.4. The van der Waals surface area contributed by atoms with Crippen LogP contribution in [0, 0.1) is 0 Å². The van der Waals surface area contributed by atoms with E-state index in [1.807, 2.05) is 43.0 Å². The monoisotopic (exact) mass is 396 g/mol. The van der Waals surface area contributed by atoms with Gasteiger partial charge in [0.05, 0.1) is 18.2 Å². The molecule has 1 aliphatic rings. The maximum absolute atomic E-state index is 12.9. The molecule has 0 aliphatic carbocycles. The molecule has 0 bridgehead atoms. The van der Waals surface area contributed by atoms with Crippen molar-refractivity contribution in [2.45, 2.75) is 26.3 Å². The molecule has 3 rings (SSSR count). The van der Waals surface area contributed by atoms with E-state index in [9.17, 15) is 9.59 Å². The fraction of sp³-hybridized carbons (Fsp3) is 0.409. The van der Waals surface area contributed by atoms with E-state index >= 15 is 0 Å². The zero-order valence-electron chi connectivity index (χ0n) is 17.2. The summed E-state index contributed by atoms with van der Waals surface area (Å²) >= 11 is 0. The van der Waals surface area contributed by atoms with Crippen LogP contribution in [0.1, 0.15) is 41.0 Å². The molecule has 1 aliphatic heterocycles. The third kappa shape index (κ3) is 5.04. The Morgan fingerprint density at radius 1 is 1.10 bits per heavy atom. The summed E-state index contributed by atoms with van der Waals surface area (Å²) in [7, 11) is 1.65. The number of benzene rings is 1. The normalized spacial score (nSPS) is 15.0. The number of piperazine rings is 1. The molecule has 154 valence electrons. The van der Waals surface area contributed by atoms with Crippen molar-refractivity contribution < 1.29 is 14.3 Å². The van der Waals surface area contributed by atoms with Crippen LogP contribution in [0.25, 0.3) is 0 Å². The average molecular weight is 396 g/mol. The Kier molecular flexibility index (Phi) is 6.69. The first-order chi connectivity index (χ1) is 14.0. The standard InChI is InChI=1S/C22H28N4O3/c1-4-16(2)24-21(27)17-13-18(15-23-14-17)22(28)26-11-9-25(10-12-26)19-5-7-20(29-3)8-6-19/h5-8,13-16H,4,9-12H2,1-3H3,(H,24,27). The first-order valence-electron chi connectivity index (χ1n) is 9.96. The Labute approximate surface area is 171 Å². The number of hydrogen-bond acceptors (Lipinski definition) is 5. The van der Waals surface area contributed by atoms with Crippen LogP contribution in [0.5, 0.6) is 5.75 Å². The second-order valence-corrected chi connectivity index (χ2v) is 7.22. The van der Waals surface area contributed by atoms with Crippen molar-refractivity contribution in [1.82, 2.24) is 15.2 Å². The minimum Gasteiger partial charge on any atom is -0.497 e. The number of amides is 2. The van der Waals surface area contributed by atoms with Gasteiger partial charge in [0.25, 0.3) is 11.8 Å². The van der Waals surface area contributed by atoms with Crippen LogP contribution in [-0.2, 0) is 0 Å². The molecule has 0 spiro atoms. The van der Waals surface area contributed by atoms with Crippen molar-refractivity contribution in [2.24, 2.45) is 0 Å². The highest BCUT2D eigenvalue weighted by Crippen LogP contribution is 2.21. The van der Waals surface area contributed by atoms with Crippen molar-refractivity contribution in [2.75, 3.05) is 38.2 Å². The molecule has 2 heterocycles. The highest BCUT2D eigenvalue weighted by molar-refractivity contribution is 5.99. The molecule has 1 atom stereocenters. The van der Waals surface area contributed by atoms with Gasteiger partial charge in [0.1, 0.15) is 5.75 Å². The Bertz CT molecular complexity index is 845. The van der Waals surface area contributed by atoms with Gasteiger partial charge in [-0.15, -0.1) is 0 Å². The number of nitrogens with zero attached hydrogens (tertiary/aromatic N) is 3. The lowest BCUT2D eigenvalue weighted by molar-refractivity contribution is 0.0746. The molecule has 1 saturated heterocycles. The third-order valence-corrected chi connectivity index (χ3v) is 5.24. The van der Waals surface area contributed by atoms with Crippen LogP contribution in [0.15, 0.2) is 42.7 Å². The first-order valence-corrected chi connectivity index (χ1v) is 9.96. The highest BCUT2D eigenvalue weighted by atomic mass is 16.5. The van der Waals surface area contributed by atoms with Gasteiger partial charge >= 0.3 is 0 Å². The molecule has 1 aromatic heterocycles. The quantitative estimate of drug-likeness (QED) is 0.812. The maximum Gasteiger partial charge on any atom is 0.255 e. The Balaban J connectivity index is 1.61. The Morgan fingerprint density at radius 3 is 2.38 bits per heavy atom. The molecule has 7 nitrogen and oxygen atoms in total. The number of rotatable bonds is 6. The summed E-state index contributed by atoms with van der Waals surface area (Å²) in [5, 5.41) is 2.90. The number of carbonyl (C=O) groups is 2. The fourth-order valence-electron chi connectivity index (χ4n) is 3.23. The van der Waals surface area contributed by atoms with Gasteiger partial charge in [-0.1, -0.05) is 6.92 Å². The van der Waals surface area contributed by atoms with E-state index in [2.05, 4.69) is 15.2 Å². The van der Waals surface area contributed by atoms with Crippen molar-refractivity contribution in [1.29, 1.82) is 0 Å². The van der Waals surface area contributed by atoms with Crippen molar-refractivity contribution in [3.05, 3.63) is 53.9 Å². The summed E-state index contributed by atoms with van der Waals surface area (Å²) in [6.07, 6.45) is 3.87. The summed E-state index contributed by atoms with van der Waals surface area (Å²) in [5.74, 6) is 0.531. The van der Waals surface area contributed by atoms with E-state index in [0.29, 0.717) is 24.2 Å². The third-order valence-electron chi connectivity index (χ3n) is 5.24. The number of ether oxygens (including phenoxy) is 1. The molecule has 1 aromatic carbocycles. The largest absolute Gasteiger partial charge is 0.497 e. The second kappa shape index (κ2) is 9.41. The molecule has 29 heavy (non-hydrogen) atoms. The van der Waals surface area contributed by atoms with Crippen LogP contribution in [0.2, 0.25) is 0 Å². The molecule has 0 saturated carbocycles. The lowest BCUT2D eigenvalue weighted by atomic mass is 10.1. The van der Waals surface area contributed by atoms with Gasteiger partial charge in [-0.2, -0.15) is 0 Å². The summed E-state index contributed by atoms with van der Waals surface area (Å²) < 4.78 is 5.20. The average Bonchev–Trinajstić information content (AvgIpc) is 2.78. The molecule has 1 unspecified atom stereocenters. The van der Waals surface area contributed by atoms with Crippen molar-refractivity contribution in [3.63, 3.8) is 0 Å².